The van der Waals surface area contributed by atoms with Gasteiger partial charge in [0.05, 0.1) is 11.9 Å². The predicted octanol–water partition coefficient (Wildman–Crippen LogP) is 3.25. The van der Waals surface area contributed by atoms with Gasteiger partial charge in [-0.1, -0.05) is 60.3 Å². The second kappa shape index (κ2) is 9.71. The van der Waals surface area contributed by atoms with Crippen molar-refractivity contribution in [3.8, 4) is 5.69 Å². The minimum atomic E-state index is -0.0160. The molecule has 0 saturated carbocycles. The Hall–Kier alpha value is -2.64. The Balaban J connectivity index is 1.46. The molecular weight excluding hydrogens is 384 g/mol. The van der Waals surface area contributed by atoms with Crippen LogP contribution in [0.2, 0.25) is 0 Å². The van der Waals surface area contributed by atoms with Gasteiger partial charge in [0.1, 0.15) is 5.82 Å². The first-order valence-electron chi connectivity index (χ1n) is 9.84. The predicted molar refractivity (Wildman–Crippen MR) is 113 cm³/mol. The lowest BCUT2D eigenvalue weighted by Crippen LogP contribution is -2.32. The normalized spacial score (nSPS) is 16.1. The SMILES string of the molecule is O=C(CSc1nnc(Cc2ccccc2)n1-c1ccccc1)NC[C@H]1CCCO1. The van der Waals surface area contributed by atoms with Gasteiger partial charge in [0, 0.05) is 25.3 Å². The molecule has 1 saturated heterocycles. The van der Waals surface area contributed by atoms with Crippen molar-refractivity contribution in [3.05, 3.63) is 72.1 Å². The van der Waals surface area contributed by atoms with Gasteiger partial charge < -0.3 is 10.1 Å². The second-order valence-corrected chi connectivity index (χ2v) is 7.90. The molecule has 29 heavy (non-hydrogen) atoms. The largest absolute Gasteiger partial charge is 0.376 e. The summed E-state index contributed by atoms with van der Waals surface area (Å²) in [5.74, 6) is 1.13. The summed E-state index contributed by atoms with van der Waals surface area (Å²) in [6.45, 7) is 1.36. The van der Waals surface area contributed by atoms with Crippen molar-refractivity contribution in [2.24, 2.45) is 0 Å². The van der Waals surface area contributed by atoms with Crippen LogP contribution >= 0.6 is 11.8 Å². The molecule has 6 nitrogen and oxygen atoms in total. The van der Waals surface area contributed by atoms with E-state index in [9.17, 15) is 4.79 Å². The van der Waals surface area contributed by atoms with Gasteiger partial charge in [0.2, 0.25) is 5.91 Å². The van der Waals surface area contributed by atoms with Crippen LogP contribution in [0.5, 0.6) is 0 Å². The van der Waals surface area contributed by atoms with Crippen LogP contribution in [0.4, 0.5) is 0 Å². The van der Waals surface area contributed by atoms with E-state index >= 15 is 0 Å². The van der Waals surface area contributed by atoms with E-state index < -0.39 is 0 Å². The van der Waals surface area contributed by atoms with Gasteiger partial charge in [-0.15, -0.1) is 10.2 Å². The van der Waals surface area contributed by atoms with Crippen molar-refractivity contribution < 1.29 is 9.53 Å². The number of hydrogen-bond acceptors (Lipinski definition) is 5. The van der Waals surface area contributed by atoms with Crippen LogP contribution in [0.15, 0.2) is 65.8 Å². The number of carbonyl (C=O) groups is 1. The smallest absolute Gasteiger partial charge is 0.230 e. The van der Waals surface area contributed by atoms with Crippen molar-refractivity contribution >= 4 is 17.7 Å². The summed E-state index contributed by atoms with van der Waals surface area (Å²) < 4.78 is 7.59. The Bertz CT molecular complexity index is 925. The zero-order chi connectivity index (χ0) is 19.9. The maximum absolute atomic E-state index is 12.3. The fourth-order valence-corrected chi connectivity index (χ4v) is 4.14. The molecule has 1 aliphatic heterocycles. The first-order valence-corrected chi connectivity index (χ1v) is 10.8. The van der Waals surface area contributed by atoms with Crippen LogP contribution in [-0.2, 0) is 16.0 Å². The van der Waals surface area contributed by atoms with E-state index in [1.807, 2.05) is 53.1 Å². The molecule has 1 amide bonds. The number of hydrogen-bond donors (Lipinski definition) is 1. The first-order chi connectivity index (χ1) is 14.3. The molecule has 0 bridgehead atoms. The highest BCUT2D eigenvalue weighted by Gasteiger charge is 2.18. The second-order valence-electron chi connectivity index (χ2n) is 6.96. The third kappa shape index (κ3) is 5.25. The van der Waals surface area contributed by atoms with E-state index in [2.05, 4.69) is 27.6 Å². The minimum Gasteiger partial charge on any atom is -0.376 e. The molecule has 0 spiro atoms. The molecule has 3 aromatic rings. The molecular formula is C22H24N4O2S. The van der Waals surface area contributed by atoms with Gasteiger partial charge in [0.15, 0.2) is 5.16 Å². The van der Waals surface area contributed by atoms with Crippen LogP contribution < -0.4 is 5.32 Å². The molecule has 7 heteroatoms. The number of thioether (sulfide) groups is 1. The molecule has 0 aliphatic carbocycles. The number of rotatable bonds is 8. The van der Waals surface area contributed by atoms with Crippen molar-refractivity contribution in [3.63, 3.8) is 0 Å². The number of para-hydroxylation sites is 1. The van der Waals surface area contributed by atoms with Crippen LogP contribution in [0.3, 0.4) is 0 Å². The topological polar surface area (TPSA) is 69.0 Å². The van der Waals surface area contributed by atoms with E-state index in [4.69, 9.17) is 4.74 Å². The van der Waals surface area contributed by atoms with E-state index in [1.54, 1.807) is 0 Å². The number of ether oxygens (including phenoxy) is 1. The maximum atomic E-state index is 12.3. The third-order valence-electron chi connectivity index (χ3n) is 4.80. The Morgan fingerprint density at radius 2 is 1.86 bits per heavy atom. The van der Waals surface area contributed by atoms with Crippen molar-refractivity contribution in [1.29, 1.82) is 0 Å². The first kappa shape index (κ1) is 19.7. The fraction of sp³-hybridized carbons (Fsp3) is 0.318. The molecule has 150 valence electrons. The van der Waals surface area contributed by atoms with E-state index in [-0.39, 0.29) is 12.0 Å². The van der Waals surface area contributed by atoms with E-state index in [0.29, 0.717) is 18.7 Å². The maximum Gasteiger partial charge on any atom is 0.230 e. The van der Waals surface area contributed by atoms with Crippen LogP contribution in [0, 0.1) is 0 Å². The average molecular weight is 409 g/mol. The van der Waals surface area contributed by atoms with Gasteiger partial charge >= 0.3 is 0 Å². The highest BCUT2D eigenvalue weighted by atomic mass is 32.2. The van der Waals surface area contributed by atoms with Gasteiger partial charge in [-0.2, -0.15) is 0 Å². The minimum absolute atomic E-state index is 0.0160. The van der Waals surface area contributed by atoms with Crippen molar-refractivity contribution in [2.45, 2.75) is 30.5 Å². The highest BCUT2D eigenvalue weighted by Crippen LogP contribution is 2.23. The molecule has 0 radical (unpaired) electrons. The van der Waals surface area contributed by atoms with Gasteiger partial charge in [-0.05, 0) is 30.5 Å². The lowest BCUT2D eigenvalue weighted by molar-refractivity contribution is -0.119. The average Bonchev–Trinajstić information content (AvgIpc) is 3.42. The monoisotopic (exact) mass is 408 g/mol. The van der Waals surface area contributed by atoms with Crippen LogP contribution in [-0.4, -0.2) is 45.7 Å². The van der Waals surface area contributed by atoms with Crippen molar-refractivity contribution in [2.75, 3.05) is 18.9 Å². The summed E-state index contributed by atoms with van der Waals surface area (Å²) in [5, 5.41) is 12.5. The van der Waals surface area contributed by atoms with Gasteiger partial charge in [-0.25, -0.2) is 0 Å². The third-order valence-corrected chi connectivity index (χ3v) is 5.73. The van der Waals surface area contributed by atoms with E-state index in [0.717, 1.165) is 36.1 Å². The lowest BCUT2D eigenvalue weighted by atomic mass is 10.1. The zero-order valence-electron chi connectivity index (χ0n) is 16.2. The molecule has 2 aromatic carbocycles. The van der Waals surface area contributed by atoms with E-state index in [1.165, 1.54) is 17.3 Å². The summed E-state index contributed by atoms with van der Waals surface area (Å²) in [7, 11) is 0. The number of amides is 1. The fourth-order valence-electron chi connectivity index (χ4n) is 3.34. The molecule has 1 N–H and O–H groups in total. The van der Waals surface area contributed by atoms with Crippen LogP contribution in [0.1, 0.15) is 24.2 Å². The lowest BCUT2D eigenvalue weighted by Gasteiger charge is -2.12. The number of aromatic nitrogens is 3. The molecule has 1 atom stereocenters. The number of benzene rings is 2. The van der Waals surface area contributed by atoms with Gasteiger partial charge in [0.25, 0.3) is 0 Å². The summed E-state index contributed by atoms with van der Waals surface area (Å²) >= 11 is 1.40. The summed E-state index contributed by atoms with van der Waals surface area (Å²) in [6.07, 6.45) is 2.90. The number of nitrogens with zero attached hydrogens (tertiary/aromatic N) is 3. The summed E-state index contributed by atoms with van der Waals surface area (Å²) in [6, 6.07) is 20.2. The summed E-state index contributed by atoms with van der Waals surface area (Å²) in [5.41, 5.74) is 2.16. The standard InChI is InChI=1S/C22H24N4O2S/c27-21(23-15-19-12-7-13-28-19)16-29-22-25-24-20(14-17-8-3-1-4-9-17)26(22)18-10-5-2-6-11-18/h1-6,8-11,19H,7,12-16H2,(H,23,27)/t19-/m1/s1. The van der Waals surface area contributed by atoms with Gasteiger partial charge in [-0.3, -0.25) is 9.36 Å². The number of nitrogens with one attached hydrogen (secondary N) is 1. The molecule has 4 rings (SSSR count). The molecule has 1 aliphatic rings. The Morgan fingerprint density at radius 3 is 2.59 bits per heavy atom. The molecule has 1 aromatic heterocycles. The highest BCUT2D eigenvalue weighted by molar-refractivity contribution is 7.99. The molecule has 2 heterocycles. The summed E-state index contributed by atoms with van der Waals surface area (Å²) in [4.78, 5) is 12.3. The Kier molecular flexibility index (Phi) is 6.59. The Morgan fingerprint density at radius 1 is 1.10 bits per heavy atom. The number of carbonyl (C=O) groups excluding carboxylic acids is 1. The quantitative estimate of drug-likeness (QED) is 0.580. The molecule has 0 unspecified atom stereocenters. The van der Waals surface area contributed by atoms with Crippen molar-refractivity contribution in [1.82, 2.24) is 20.1 Å². The Labute approximate surface area is 174 Å². The zero-order valence-corrected chi connectivity index (χ0v) is 17.0. The van der Waals surface area contributed by atoms with Crippen LogP contribution in [0.25, 0.3) is 5.69 Å². The molecule has 1 fully saturated rings.